The number of benzene rings is 2. The lowest BCUT2D eigenvalue weighted by molar-refractivity contribution is 0.630. The molecule has 1 saturated heterocycles. The van der Waals surface area contributed by atoms with Crippen molar-refractivity contribution in [1.82, 2.24) is 0 Å². The van der Waals surface area contributed by atoms with Crippen LogP contribution in [0, 0.1) is 0 Å². The molecule has 1 fully saturated rings. The minimum atomic E-state index is 0.472. The van der Waals surface area contributed by atoms with Gasteiger partial charge in [-0.2, -0.15) is 0 Å². The van der Waals surface area contributed by atoms with Crippen LogP contribution in [0.1, 0.15) is 38.7 Å². The molecule has 0 aliphatic carbocycles. The maximum Gasteiger partial charge on any atom is 0.104 e. The molecule has 1 heterocycles. The van der Waals surface area contributed by atoms with Crippen molar-refractivity contribution in [3.05, 3.63) is 42.0 Å². The Hall–Kier alpha value is -1.61. The van der Waals surface area contributed by atoms with E-state index in [1.807, 2.05) is 0 Å². The first kappa shape index (κ1) is 14.3. The second-order valence-electron chi connectivity index (χ2n) is 5.94. The summed E-state index contributed by atoms with van der Waals surface area (Å²) in [6.45, 7) is 4.60. The van der Waals surface area contributed by atoms with E-state index >= 15 is 0 Å². The Balaban J connectivity index is 2.20. The molecule has 2 N–H and O–H groups in total. The number of nitrogens with zero attached hydrogens (tertiary/aromatic N) is 1. The summed E-state index contributed by atoms with van der Waals surface area (Å²) in [7, 11) is 0. The van der Waals surface area contributed by atoms with Crippen LogP contribution >= 0.6 is 12.2 Å². The van der Waals surface area contributed by atoms with Crippen LogP contribution in [-0.4, -0.2) is 17.1 Å². The first-order chi connectivity index (χ1) is 10.1. The molecule has 2 unspecified atom stereocenters. The Morgan fingerprint density at radius 3 is 2.57 bits per heavy atom. The number of thiocarbonyl (C=S) groups is 1. The Morgan fingerprint density at radius 2 is 1.90 bits per heavy atom. The lowest BCUT2D eigenvalue weighted by atomic mass is 10.0. The molecule has 2 nitrogen and oxygen atoms in total. The summed E-state index contributed by atoms with van der Waals surface area (Å²) in [5, 5.41) is 2.42. The Bertz CT molecular complexity index is 680. The molecule has 2 atom stereocenters. The molecular formula is C18H22N2S. The quantitative estimate of drug-likeness (QED) is 0.859. The van der Waals surface area contributed by atoms with Crippen molar-refractivity contribution in [3.8, 4) is 0 Å². The van der Waals surface area contributed by atoms with Crippen molar-refractivity contribution in [2.24, 2.45) is 5.73 Å². The highest BCUT2D eigenvalue weighted by Crippen LogP contribution is 2.37. The molecule has 21 heavy (non-hydrogen) atoms. The predicted octanol–water partition coefficient (Wildman–Crippen LogP) is 4.24. The van der Waals surface area contributed by atoms with Crippen molar-refractivity contribution >= 4 is 33.7 Å². The monoisotopic (exact) mass is 298 g/mol. The number of fused-ring (bicyclic) bond motifs is 1. The molecule has 0 spiro atoms. The highest BCUT2D eigenvalue weighted by atomic mass is 32.1. The van der Waals surface area contributed by atoms with Crippen molar-refractivity contribution in [2.45, 2.75) is 45.2 Å². The highest BCUT2D eigenvalue weighted by molar-refractivity contribution is 7.80. The van der Waals surface area contributed by atoms with Gasteiger partial charge in [-0.3, -0.25) is 0 Å². The fourth-order valence-electron chi connectivity index (χ4n) is 3.63. The van der Waals surface area contributed by atoms with E-state index in [2.05, 4.69) is 55.1 Å². The maximum atomic E-state index is 5.88. The van der Waals surface area contributed by atoms with Crippen molar-refractivity contribution < 1.29 is 0 Å². The van der Waals surface area contributed by atoms with Gasteiger partial charge in [0.05, 0.1) is 0 Å². The average Bonchev–Trinajstić information content (AvgIpc) is 2.86. The number of hydrogen-bond acceptors (Lipinski definition) is 2. The number of anilines is 1. The van der Waals surface area contributed by atoms with Gasteiger partial charge in [0, 0.05) is 28.7 Å². The molecule has 3 heteroatoms. The molecule has 0 aromatic heterocycles. The van der Waals surface area contributed by atoms with E-state index in [0.717, 1.165) is 10.9 Å². The fraction of sp³-hybridized carbons (Fsp3) is 0.389. The van der Waals surface area contributed by atoms with Crippen LogP contribution in [-0.2, 0) is 0 Å². The third-order valence-corrected chi connectivity index (χ3v) is 4.92. The van der Waals surface area contributed by atoms with Gasteiger partial charge in [0.25, 0.3) is 0 Å². The largest absolute Gasteiger partial charge is 0.389 e. The van der Waals surface area contributed by atoms with Crippen LogP contribution in [0.25, 0.3) is 10.8 Å². The standard InChI is InChI=1S/C18H22N2S/c1-3-13-9-8-12(2)20(13)17-11-10-16(18(19)21)14-6-4-5-7-15(14)17/h4-7,10-13H,3,8-9H2,1-2H3,(H2,19,21). The Labute approximate surface area is 131 Å². The lowest BCUT2D eigenvalue weighted by Crippen LogP contribution is -2.34. The summed E-state index contributed by atoms with van der Waals surface area (Å²) >= 11 is 5.20. The van der Waals surface area contributed by atoms with Gasteiger partial charge in [0.2, 0.25) is 0 Å². The second kappa shape index (κ2) is 5.64. The van der Waals surface area contributed by atoms with Gasteiger partial charge in [-0.1, -0.05) is 43.4 Å². The minimum Gasteiger partial charge on any atom is -0.389 e. The summed E-state index contributed by atoms with van der Waals surface area (Å²) in [4.78, 5) is 3.06. The zero-order chi connectivity index (χ0) is 15.0. The van der Waals surface area contributed by atoms with Crippen molar-refractivity contribution in [3.63, 3.8) is 0 Å². The molecule has 0 radical (unpaired) electrons. The summed E-state index contributed by atoms with van der Waals surface area (Å²) in [6.07, 6.45) is 3.74. The molecule has 0 bridgehead atoms. The fourth-order valence-corrected chi connectivity index (χ4v) is 3.81. The topological polar surface area (TPSA) is 29.3 Å². The maximum absolute atomic E-state index is 5.88. The first-order valence-electron chi connectivity index (χ1n) is 7.73. The molecule has 0 amide bonds. The Kier molecular flexibility index (Phi) is 3.85. The van der Waals surface area contributed by atoms with Gasteiger partial charge in [-0.15, -0.1) is 0 Å². The average molecular weight is 298 g/mol. The molecule has 0 saturated carbocycles. The normalized spacial score (nSPS) is 21.9. The van der Waals surface area contributed by atoms with E-state index in [1.165, 1.54) is 30.3 Å². The number of hydrogen-bond donors (Lipinski definition) is 1. The van der Waals surface area contributed by atoms with Gasteiger partial charge in [0.15, 0.2) is 0 Å². The third-order valence-electron chi connectivity index (χ3n) is 4.70. The van der Waals surface area contributed by atoms with Crippen LogP contribution in [0.4, 0.5) is 5.69 Å². The molecule has 2 aromatic rings. The summed E-state index contributed by atoms with van der Waals surface area (Å²) in [5.74, 6) is 0. The second-order valence-corrected chi connectivity index (χ2v) is 6.38. The van der Waals surface area contributed by atoms with Crippen LogP contribution < -0.4 is 10.6 Å². The molecule has 1 aliphatic rings. The summed E-state index contributed by atoms with van der Waals surface area (Å²) in [6, 6.07) is 14.0. The van der Waals surface area contributed by atoms with Crippen LogP contribution in [0.5, 0.6) is 0 Å². The molecular weight excluding hydrogens is 276 g/mol. The summed E-state index contributed by atoms with van der Waals surface area (Å²) in [5.41, 5.74) is 8.18. The highest BCUT2D eigenvalue weighted by Gasteiger charge is 2.30. The SMILES string of the molecule is CCC1CCC(C)N1c1ccc(C(N)=S)c2ccccc12. The van der Waals surface area contributed by atoms with Crippen molar-refractivity contribution in [2.75, 3.05) is 4.90 Å². The predicted molar refractivity (Wildman–Crippen MR) is 95.1 cm³/mol. The molecule has 110 valence electrons. The van der Waals surface area contributed by atoms with Crippen LogP contribution in [0.15, 0.2) is 36.4 Å². The zero-order valence-electron chi connectivity index (χ0n) is 12.7. The lowest BCUT2D eigenvalue weighted by Gasteiger charge is -2.32. The van der Waals surface area contributed by atoms with E-state index in [-0.39, 0.29) is 0 Å². The van der Waals surface area contributed by atoms with E-state index in [4.69, 9.17) is 18.0 Å². The van der Waals surface area contributed by atoms with E-state index in [1.54, 1.807) is 0 Å². The number of rotatable bonds is 3. The van der Waals surface area contributed by atoms with E-state index < -0.39 is 0 Å². The third kappa shape index (κ3) is 2.40. The smallest absolute Gasteiger partial charge is 0.104 e. The number of nitrogens with two attached hydrogens (primary N) is 1. The van der Waals surface area contributed by atoms with Crippen molar-refractivity contribution in [1.29, 1.82) is 0 Å². The van der Waals surface area contributed by atoms with Gasteiger partial charge >= 0.3 is 0 Å². The van der Waals surface area contributed by atoms with Gasteiger partial charge < -0.3 is 10.6 Å². The van der Waals surface area contributed by atoms with E-state index in [0.29, 0.717) is 17.1 Å². The molecule has 2 aromatic carbocycles. The van der Waals surface area contributed by atoms with Crippen LogP contribution in [0.2, 0.25) is 0 Å². The Morgan fingerprint density at radius 1 is 1.19 bits per heavy atom. The molecule has 3 rings (SSSR count). The zero-order valence-corrected chi connectivity index (χ0v) is 13.5. The molecule has 1 aliphatic heterocycles. The van der Waals surface area contributed by atoms with Gasteiger partial charge in [-0.05, 0) is 43.7 Å². The van der Waals surface area contributed by atoms with Gasteiger partial charge in [-0.25, -0.2) is 0 Å². The minimum absolute atomic E-state index is 0.472. The first-order valence-corrected chi connectivity index (χ1v) is 8.14. The van der Waals surface area contributed by atoms with Crippen LogP contribution in [0.3, 0.4) is 0 Å². The summed E-state index contributed by atoms with van der Waals surface area (Å²) < 4.78 is 0. The van der Waals surface area contributed by atoms with E-state index in [9.17, 15) is 0 Å². The van der Waals surface area contributed by atoms with Gasteiger partial charge in [0.1, 0.15) is 4.99 Å².